The summed E-state index contributed by atoms with van der Waals surface area (Å²) >= 11 is 0. The largest absolute Gasteiger partial charge is 0.394 e. The zero-order valence-corrected chi connectivity index (χ0v) is 8.56. The van der Waals surface area contributed by atoms with E-state index in [2.05, 4.69) is 10.4 Å². The van der Waals surface area contributed by atoms with E-state index in [1.807, 2.05) is 19.3 Å². The standard InChI is InChI=1S/C9H17N3O2/c1-9(6-13,7-14)10-5-8-3-4-12(2)11-8/h3-4,10,13-14H,5-7H2,1-2H3. The van der Waals surface area contributed by atoms with Crippen LogP contribution in [0.15, 0.2) is 12.3 Å². The third-order valence-electron chi connectivity index (χ3n) is 2.16. The van der Waals surface area contributed by atoms with E-state index in [1.165, 1.54) is 0 Å². The highest BCUT2D eigenvalue weighted by atomic mass is 16.3. The van der Waals surface area contributed by atoms with Gasteiger partial charge in [-0.05, 0) is 13.0 Å². The van der Waals surface area contributed by atoms with E-state index in [4.69, 9.17) is 10.2 Å². The number of aliphatic hydroxyl groups is 2. The first-order chi connectivity index (χ1) is 6.59. The van der Waals surface area contributed by atoms with Gasteiger partial charge in [-0.15, -0.1) is 0 Å². The first-order valence-corrected chi connectivity index (χ1v) is 4.55. The molecule has 0 radical (unpaired) electrons. The van der Waals surface area contributed by atoms with Crippen LogP contribution in [0.25, 0.3) is 0 Å². The number of aryl methyl sites for hydroxylation is 1. The van der Waals surface area contributed by atoms with Crippen LogP contribution in [0.2, 0.25) is 0 Å². The number of nitrogens with one attached hydrogen (secondary N) is 1. The topological polar surface area (TPSA) is 70.3 Å². The van der Waals surface area contributed by atoms with E-state index >= 15 is 0 Å². The predicted octanol–water partition coefficient (Wildman–Crippen LogP) is -0.747. The van der Waals surface area contributed by atoms with Crippen LogP contribution in [0.1, 0.15) is 12.6 Å². The van der Waals surface area contributed by atoms with Gasteiger partial charge < -0.3 is 15.5 Å². The normalized spacial score (nSPS) is 12.0. The van der Waals surface area contributed by atoms with Crippen molar-refractivity contribution in [2.24, 2.45) is 7.05 Å². The molecule has 0 aliphatic rings. The summed E-state index contributed by atoms with van der Waals surface area (Å²) < 4.78 is 1.71. The molecule has 0 aliphatic heterocycles. The zero-order chi connectivity index (χ0) is 10.6. The van der Waals surface area contributed by atoms with E-state index < -0.39 is 5.54 Å². The summed E-state index contributed by atoms with van der Waals surface area (Å²) in [5, 5.41) is 25.3. The Morgan fingerprint density at radius 2 is 2.14 bits per heavy atom. The van der Waals surface area contributed by atoms with Gasteiger partial charge in [0.15, 0.2) is 0 Å². The van der Waals surface area contributed by atoms with Gasteiger partial charge in [-0.2, -0.15) is 5.10 Å². The molecular weight excluding hydrogens is 182 g/mol. The molecule has 0 fully saturated rings. The maximum Gasteiger partial charge on any atom is 0.0762 e. The van der Waals surface area contributed by atoms with Crippen molar-refractivity contribution in [3.8, 4) is 0 Å². The van der Waals surface area contributed by atoms with Crippen LogP contribution >= 0.6 is 0 Å². The van der Waals surface area contributed by atoms with Gasteiger partial charge in [0, 0.05) is 19.8 Å². The fraction of sp³-hybridized carbons (Fsp3) is 0.667. The quantitative estimate of drug-likeness (QED) is 0.584. The van der Waals surface area contributed by atoms with Gasteiger partial charge in [-0.3, -0.25) is 4.68 Å². The second-order valence-electron chi connectivity index (χ2n) is 3.71. The number of rotatable bonds is 5. The van der Waals surface area contributed by atoms with Crippen LogP contribution in [0.3, 0.4) is 0 Å². The molecule has 0 amide bonds. The summed E-state index contributed by atoms with van der Waals surface area (Å²) in [7, 11) is 1.85. The third-order valence-corrected chi connectivity index (χ3v) is 2.16. The Balaban J connectivity index is 2.47. The van der Waals surface area contributed by atoms with Crippen LogP contribution in [0.5, 0.6) is 0 Å². The molecule has 0 aliphatic carbocycles. The second-order valence-corrected chi connectivity index (χ2v) is 3.71. The Morgan fingerprint density at radius 1 is 1.50 bits per heavy atom. The van der Waals surface area contributed by atoms with Gasteiger partial charge in [0.2, 0.25) is 0 Å². The average Bonchev–Trinajstić information content (AvgIpc) is 2.61. The van der Waals surface area contributed by atoms with Crippen molar-refractivity contribution in [2.45, 2.75) is 19.0 Å². The highest BCUT2D eigenvalue weighted by molar-refractivity contribution is 4.99. The van der Waals surface area contributed by atoms with E-state index in [1.54, 1.807) is 11.6 Å². The summed E-state index contributed by atoms with van der Waals surface area (Å²) in [5.41, 5.74) is 0.248. The van der Waals surface area contributed by atoms with Crippen molar-refractivity contribution in [1.29, 1.82) is 0 Å². The Hall–Kier alpha value is -0.910. The maximum absolute atomic E-state index is 9.02. The van der Waals surface area contributed by atoms with Crippen LogP contribution < -0.4 is 5.32 Å². The molecule has 1 heterocycles. The minimum absolute atomic E-state index is 0.101. The Labute approximate surface area is 83.4 Å². The van der Waals surface area contributed by atoms with Crippen LogP contribution in [-0.2, 0) is 13.6 Å². The number of hydrogen-bond donors (Lipinski definition) is 3. The molecule has 3 N–H and O–H groups in total. The molecule has 14 heavy (non-hydrogen) atoms. The van der Waals surface area contributed by atoms with E-state index in [0.29, 0.717) is 6.54 Å². The lowest BCUT2D eigenvalue weighted by Gasteiger charge is -2.25. The monoisotopic (exact) mass is 199 g/mol. The van der Waals surface area contributed by atoms with Gasteiger partial charge in [0.1, 0.15) is 0 Å². The molecule has 0 saturated carbocycles. The van der Waals surface area contributed by atoms with Crippen molar-refractivity contribution in [3.05, 3.63) is 18.0 Å². The highest BCUT2D eigenvalue weighted by Crippen LogP contribution is 2.03. The maximum atomic E-state index is 9.02. The van der Waals surface area contributed by atoms with Gasteiger partial charge >= 0.3 is 0 Å². The number of aliphatic hydroxyl groups excluding tert-OH is 2. The van der Waals surface area contributed by atoms with Crippen LogP contribution in [-0.4, -0.2) is 38.7 Å². The Bertz CT molecular complexity index is 281. The van der Waals surface area contributed by atoms with Crippen molar-refractivity contribution in [1.82, 2.24) is 15.1 Å². The fourth-order valence-corrected chi connectivity index (χ4v) is 1.02. The van der Waals surface area contributed by atoms with E-state index in [-0.39, 0.29) is 13.2 Å². The van der Waals surface area contributed by atoms with Gasteiger partial charge in [0.25, 0.3) is 0 Å². The number of aromatic nitrogens is 2. The predicted molar refractivity (Wildman–Crippen MR) is 52.6 cm³/mol. The summed E-state index contributed by atoms with van der Waals surface area (Å²) in [6.45, 7) is 2.10. The SMILES string of the molecule is Cn1ccc(CNC(C)(CO)CO)n1. The molecule has 0 atom stereocenters. The lowest BCUT2D eigenvalue weighted by molar-refractivity contribution is 0.103. The average molecular weight is 199 g/mol. The van der Waals surface area contributed by atoms with Gasteiger partial charge in [-0.25, -0.2) is 0 Å². The zero-order valence-electron chi connectivity index (χ0n) is 8.56. The van der Waals surface area contributed by atoms with E-state index in [9.17, 15) is 0 Å². The Kier molecular flexibility index (Phi) is 3.62. The first kappa shape index (κ1) is 11.2. The summed E-state index contributed by atoms with van der Waals surface area (Å²) in [4.78, 5) is 0. The fourth-order valence-electron chi connectivity index (χ4n) is 1.02. The molecule has 5 heteroatoms. The molecule has 80 valence electrons. The summed E-state index contributed by atoms with van der Waals surface area (Å²) in [6, 6.07) is 1.89. The van der Waals surface area contributed by atoms with E-state index in [0.717, 1.165) is 5.69 Å². The van der Waals surface area contributed by atoms with Gasteiger partial charge in [-0.1, -0.05) is 0 Å². The summed E-state index contributed by atoms with van der Waals surface area (Å²) in [5.74, 6) is 0. The molecule has 0 saturated heterocycles. The van der Waals surface area contributed by atoms with Crippen molar-refractivity contribution in [2.75, 3.05) is 13.2 Å². The second kappa shape index (κ2) is 4.54. The Morgan fingerprint density at radius 3 is 2.57 bits per heavy atom. The highest BCUT2D eigenvalue weighted by Gasteiger charge is 2.21. The molecule has 1 aromatic rings. The number of hydrogen-bond acceptors (Lipinski definition) is 4. The first-order valence-electron chi connectivity index (χ1n) is 4.55. The van der Waals surface area contributed by atoms with Crippen LogP contribution in [0.4, 0.5) is 0 Å². The van der Waals surface area contributed by atoms with Crippen molar-refractivity contribution in [3.63, 3.8) is 0 Å². The summed E-state index contributed by atoms with van der Waals surface area (Å²) in [6.07, 6.45) is 1.85. The number of nitrogens with zero attached hydrogens (tertiary/aromatic N) is 2. The molecule has 0 bridgehead atoms. The molecule has 0 spiro atoms. The van der Waals surface area contributed by atoms with Gasteiger partial charge in [0.05, 0.1) is 24.4 Å². The minimum atomic E-state index is -0.641. The molecule has 0 aromatic carbocycles. The molecule has 5 nitrogen and oxygen atoms in total. The molecule has 1 rings (SSSR count). The molecule has 1 aromatic heterocycles. The lowest BCUT2D eigenvalue weighted by Crippen LogP contribution is -2.48. The van der Waals surface area contributed by atoms with Crippen molar-refractivity contribution >= 4 is 0 Å². The van der Waals surface area contributed by atoms with Crippen LogP contribution in [0, 0.1) is 0 Å². The minimum Gasteiger partial charge on any atom is -0.394 e. The molecular formula is C9H17N3O2. The smallest absolute Gasteiger partial charge is 0.0762 e. The van der Waals surface area contributed by atoms with Crippen molar-refractivity contribution < 1.29 is 10.2 Å². The third kappa shape index (κ3) is 2.80. The lowest BCUT2D eigenvalue weighted by atomic mass is 10.1. The molecule has 0 unspecified atom stereocenters.